The molecule has 4 aliphatic heterocycles. The molecule has 9 rings (SSSR count). The van der Waals surface area contributed by atoms with Crippen molar-refractivity contribution in [3.8, 4) is 0 Å². The Labute approximate surface area is 435 Å². The molecule has 2 amide bonds. The molecule has 4 fully saturated rings. The van der Waals surface area contributed by atoms with Gasteiger partial charge < -0.3 is 65.0 Å². The molecule has 4 unspecified atom stereocenters. The largest absolute Gasteiger partial charge is 0.472 e. The van der Waals surface area contributed by atoms with Crippen molar-refractivity contribution in [1.82, 2.24) is 34.0 Å². The first kappa shape index (κ1) is 55.4. The van der Waals surface area contributed by atoms with E-state index in [0.29, 0.717) is 42.5 Å². The van der Waals surface area contributed by atoms with Crippen LogP contribution in [0.5, 0.6) is 0 Å². The zero-order valence-electron chi connectivity index (χ0n) is 40.5. The predicted molar refractivity (Wildman–Crippen MR) is 259 cm³/mol. The van der Waals surface area contributed by atoms with E-state index in [4.69, 9.17) is 53.5 Å². The highest BCUT2D eigenvalue weighted by atomic mass is 31.2. The normalized spacial score (nSPS) is 26.4. The Hall–Kier alpha value is -6.37. The number of aromatic nitrogens is 6. The summed E-state index contributed by atoms with van der Waals surface area (Å²) in [5.41, 5.74) is 12.6. The number of carbonyl (C=O) groups excluding carboxylic acids is 3. The molecular formula is C45H53FN10O19P2. The van der Waals surface area contributed by atoms with E-state index < -0.39 is 114 Å². The average molecular weight is 1120 g/mol. The molecule has 0 aliphatic carbocycles. The molecule has 7 heterocycles. The SMILES string of the molecule is Nc1ccn([C@@H]2O[C@H](COP(=O)(O)O)[C@@H](OP(=O)(O)OC[C@H]3O[C@@H](n4cnc5c(N)ncnc54)C(O)C3OC(=O)[C@@H]3CCCCN3C(=O)OCc3ccc(NC(=O)Cc4ccc(F)cc4)cc3)[C@H]2OC2CCCO2)c(=O)n1. The Morgan fingerprint density at radius 2 is 1.57 bits per heavy atom. The Balaban J connectivity index is 0.904. The number of amides is 2. The number of esters is 1. The van der Waals surface area contributed by atoms with Crippen LogP contribution in [0.25, 0.3) is 11.2 Å². The highest BCUT2D eigenvalue weighted by Crippen LogP contribution is 2.51. The molecule has 32 heteroatoms. The van der Waals surface area contributed by atoms with Crippen molar-refractivity contribution in [3.05, 3.63) is 101 Å². The van der Waals surface area contributed by atoms with Gasteiger partial charge in [-0.15, -0.1) is 0 Å². The number of nitrogens with one attached hydrogen (secondary N) is 1. The van der Waals surface area contributed by atoms with Gasteiger partial charge in [0.1, 0.15) is 66.6 Å². The second-order valence-electron chi connectivity index (χ2n) is 18.1. The van der Waals surface area contributed by atoms with Crippen LogP contribution < -0.4 is 22.5 Å². The minimum Gasteiger partial charge on any atom is -0.455 e. The summed E-state index contributed by atoms with van der Waals surface area (Å²) in [6.07, 6.45) is -9.42. The van der Waals surface area contributed by atoms with Gasteiger partial charge in [0.2, 0.25) is 5.91 Å². The molecular weight excluding hydrogens is 1070 g/mol. The van der Waals surface area contributed by atoms with Crippen LogP contribution in [0.2, 0.25) is 0 Å². The van der Waals surface area contributed by atoms with Crippen molar-refractivity contribution in [2.45, 2.75) is 107 Å². The summed E-state index contributed by atoms with van der Waals surface area (Å²) < 4.78 is 92.7. The number of fused-ring (bicyclic) bond motifs is 1. The number of benzene rings is 2. The lowest BCUT2D eigenvalue weighted by atomic mass is 10.0. The summed E-state index contributed by atoms with van der Waals surface area (Å²) in [5, 5.41) is 14.7. The van der Waals surface area contributed by atoms with Crippen molar-refractivity contribution in [2.75, 3.05) is 43.1 Å². The number of carbonyl (C=O) groups is 3. The fourth-order valence-electron chi connectivity index (χ4n) is 9.11. The summed E-state index contributed by atoms with van der Waals surface area (Å²) in [7, 11) is -10.7. The molecule has 77 heavy (non-hydrogen) atoms. The van der Waals surface area contributed by atoms with Gasteiger partial charge in [-0.1, -0.05) is 24.3 Å². The van der Waals surface area contributed by atoms with Crippen molar-refractivity contribution in [1.29, 1.82) is 0 Å². The lowest BCUT2D eigenvalue weighted by Crippen LogP contribution is -2.51. The smallest absolute Gasteiger partial charge is 0.455 e. The van der Waals surface area contributed by atoms with Gasteiger partial charge in [0, 0.05) is 31.5 Å². The number of rotatable bonds is 19. The van der Waals surface area contributed by atoms with Crippen LogP contribution in [-0.2, 0) is 73.7 Å². The van der Waals surface area contributed by atoms with Crippen LogP contribution >= 0.6 is 15.6 Å². The lowest BCUT2D eigenvalue weighted by Gasteiger charge is -2.34. The fraction of sp³-hybridized carbons (Fsp3) is 0.467. The highest BCUT2D eigenvalue weighted by molar-refractivity contribution is 7.47. The molecule has 9 N–H and O–H groups in total. The molecule has 4 aliphatic rings. The maximum atomic E-state index is 14.3. The van der Waals surface area contributed by atoms with Gasteiger partial charge in [-0.25, -0.2) is 42.9 Å². The number of nitrogens with two attached hydrogens (primary N) is 2. The summed E-state index contributed by atoms with van der Waals surface area (Å²) in [6.45, 7) is -1.81. The third-order valence-electron chi connectivity index (χ3n) is 12.8. The molecule has 29 nitrogen and oxygen atoms in total. The number of nitrogens with zero attached hydrogens (tertiary/aromatic N) is 7. The van der Waals surface area contributed by atoms with Gasteiger partial charge in [0.05, 0.1) is 26.0 Å². The summed E-state index contributed by atoms with van der Waals surface area (Å²) >= 11 is 0. The van der Waals surface area contributed by atoms with Crippen LogP contribution in [0.1, 0.15) is 55.7 Å². The molecule has 4 saturated heterocycles. The van der Waals surface area contributed by atoms with Gasteiger partial charge in [-0.2, -0.15) is 4.98 Å². The van der Waals surface area contributed by atoms with Crippen LogP contribution in [0, 0.1) is 5.82 Å². The molecule has 11 atom stereocenters. The van der Waals surface area contributed by atoms with Gasteiger partial charge in [-0.05, 0) is 67.1 Å². The van der Waals surface area contributed by atoms with Crippen LogP contribution in [0.3, 0.4) is 0 Å². The Morgan fingerprint density at radius 3 is 2.30 bits per heavy atom. The van der Waals surface area contributed by atoms with Crippen molar-refractivity contribution in [2.24, 2.45) is 0 Å². The van der Waals surface area contributed by atoms with Crippen LogP contribution in [0.4, 0.5) is 26.5 Å². The van der Waals surface area contributed by atoms with Gasteiger partial charge >= 0.3 is 33.4 Å². The van der Waals surface area contributed by atoms with E-state index in [1.165, 1.54) is 52.3 Å². The van der Waals surface area contributed by atoms with E-state index in [0.717, 1.165) is 10.9 Å². The number of anilines is 3. The number of phosphoric acid groups is 2. The van der Waals surface area contributed by atoms with E-state index in [1.54, 1.807) is 24.3 Å². The monoisotopic (exact) mass is 1120 g/mol. The van der Waals surface area contributed by atoms with Crippen LogP contribution in [-0.4, -0.2) is 147 Å². The Kier molecular flexibility index (Phi) is 17.0. The highest BCUT2D eigenvalue weighted by Gasteiger charge is 2.54. The first-order valence-electron chi connectivity index (χ1n) is 24.0. The lowest BCUT2D eigenvalue weighted by molar-refractivity contribution is -0.181. The number of hydrogen-bond acceptors (Lipinski definition) is 22. The first-order chi connectivity index (χ1) is 36.8. The second kappa shape index (κ2) is 23.7. The molecule has 0 radical (unpaired) electrons. The molecule has 0 bridgehead atoms. The number of halogens is 1. The fourth-order valence-corrected chi connectivity index (χ4v) is 10.4. The van der Waals surface area contributed by atoms with Crippen LogP contribution in [0.15, 0.2) is 78.2 Å². The predicted octanol–water partition coefficient (Wildman–Crippen LogP) is 1.96. The standard InChI is InChI=1S/C45H53FN10O19P2/c46-26-10-6-24(7-11-26)18-32(57)52-27-12-8-25(9-13-27)19-68-45(61)54-15-2-1-4-28(54)43(59)74-36-29(71-41(35(36)58)56-23-51-34-39(48)49-22-50-40(34)56)21-70-77(65,66)75-37-30(20-69-76(62,63)64)72-42(38(37)73-33-5-3-17-67-33)55-16-14-31(47)53-44(55)60/h6-14,16,22-23,28-30,33,35-38,41-42,58H,1-5,15,17-21H2,(H,52,57)(H,65,66)(H2,47,53,60)(H2,48,49,50)(H2,62,63,64)/t28-,29+,30+,33?,35?,36?,37+,38+,41+,42+/m0/s1. The second-order valence-corrected chi connectivity index (χ2v) is 20.8. The zero-order chi connectivity index (χ0) is 54.6. The first-order valence-corrected chi connectivity index (χ1v) is 27.0. The van der Waals surface area contributed by atoms with E-state index >= 15 is 0 Å². The Morgan fingerprint density at radius 1 is 0.844 bits per heavy atom. The van der Waals surface area contributed by atoms with Gasteiger partial charge in [0.15, 0.2) is 36.3 Å². The molecule has 3 aromatic heterocycles. The number of piperidine rings is 1. The summed E-state index contributed by atoms with van der Waals surface area (Å²) in [4.78, 5) is 101. The molecule has 0 saturated carbocycles. The number of imidazole rings is 1. The third-order valence-corrected chi connectivity index (χ3v) is 14.3. The number of hydrogen-bond donors (Lipinski definition) is 7. The average Bonchev–Trinajstić information content (AvgIpc) is 4.23. The maximum absolute atomic E-state index is 14.3. The molecule has 2 aromatic carbocycles. The Bertz CT molecular complexity index is 3080. The molecule has 0 spiro atoms. The number of ether oxygens (including phenoxy) is 6. The topological polar surface area (TPSA) is 395 Å². The number of nitrogen functional groups attached to an aromatic ring is 2. The van der Waals surface area contributed by atoms with E-state index in [2.05, 4.69) is 25.3 Å². The van der Waals surface area contributed by atoms with Crippen molar-refractivity contribution < 1.29 is 89.7 Å². The number of phosphoric ester groups is 2. The number of aliphatic hydroxyl groups is 1. The van der Waals surface area contributed by atoms with E-state index in [-0.39, 0.29) is 61.3 Å². The van der Waals surface area contributed by atoms with E-state index in [1.807, 2.05) is 0 Å². The zero-order valence-corrected chi connectivity index (χ0v) is 42.2. The summed E-state index contributed by atoms with van der Waals surface area (Å²) in [6, 6.07) is 12.0. The third kappa shape index (κ3) is 13.5. The van der Waals surface area contributed by atoms with Gasteiger partial charge in [-0.3, -0.25) is 32.4 Å². The molecule has 5 aromatic rings. The van der Waals surface area contributed by atoms with Crippen molar-refractivity contribution >= 4 is 62.1 Å². The molecule has 414 valence electrons. The van der Waals surface area contributed by atoms with Crippen molar-refractivity contribution in [3.63, 3.8) is 0 Å². The summed E-state index contributed by atoms with van der Waals surface area (Å²) in [5.74, 6) is -1.94. The quantitative estimate of drug-likeness (QED) is 0.0459. The minimum atomic E-state index is -5.46. The number of aliphatic hydroxyl groups excluding tert-OH is 1. The minimum absolute atomic E-state index is 0.0134. The van der Waals surface area contributed by atoms with Gasteiger partial charge in [0.25, 0.3) is 0 Å². The van der Waals surface area contributed by atoms with E-state index in [9.17, 15) is 52.5 Å². The maximum Gasteiger partial charge on any atom is 0.472 e. The number of likely N-dealkylation sites (tertiary alicyclic amines) is 1.